The van der Waals surface area contributed by atoms with Gasteiger partial charge in [0.25, 0.3) is 0 Å². The Morgan fingerprint density at radius 1 is 1.53 bits per heavy atom. The van der Waals surface area contributed by atoms with E-state index in [2.05, 4.69) is 0 Å². The number of nitrogens with two attached hydrogens (primary N) is 1. The van der Waals surface area contributed by atoms with E-state index in [0.717, 1.165) is 12.5 Å². The number of halogens is 2. The summed E-state index contributed by atoms with van der Waals surface area (Å²) in [5.74, 6) is 0.290. The quantitative estimate of drug-likeness (QED) is 0.876. The molecule has 3 nitrogen and oxygen atoms in total. The van der Waals surface area contributed by atoms with Crippen molar-refractivity contribution in [3.63, 3.8) is 0 Å². The van der Waals surface area contributed by atoms with Crippen LogP contribution in [0.4, 0.5) is 4.39 Å². The average Bonchev–Trinajstić information content (AvgIpc) is 3.04. The van der Waals surface area contributed by atoms with Gasteiger partial charge in [0, 0.05) is 17.7 Å². The van der Waals surface area contributed by atoms with Crippen LogP contribution in [0.15, 0.2) is 12.1 Å². The number of methoxy groups -OCH3 is 1. The van der Waals surface area contributed by atoms with Crippen LogP contribution in [0.3, 0.4) is 0 Å². The number of aromatic hydroxyl groups is 1. The minimum atomic E-state index is -0.434. The number of phenols is 1. The number of phenolic OH excluding ortho intramolecular Hbond substituents is 1. The molecule has 0 amide bonds. The summed E-state index contributed by atoms with van der Waals surface area (Å²) >= 11 is 0. The van der Waals surface area contributed by atoms with Gasteiger partial charge in [0.05, 0.1) is 7.11 Å². The predicted molar refractivity (Wildman–Crippen MR) is 66.1 cm³/mol. The van der Waals surface area contributed by atoms with Gasteiger partial charge in [-0.05, 0) is 18.4 Å². The molecule has 0 spiro atoms. The molecule has 2 rings (SSSR count). The first-order valence-electron chi connectivity index (χ1n) is 5.43. The third kappa shape index (κ3) is 3.23. The van der Waals surface area contributed by atoms with Crippen LogP contribution >= 0.6 is 12.4 Å². The third-order valence-electron chi connectivity index (χ3n) is 2.97. The first-order chi connectivity index (χ1) is 7.61. The van der Waals surface area contributed by atoms with Crippen molar-refractivity contribution in [2.75, 3.05) is 7.11 Å². The van der Waals surface area contributed by atoms with Crippen molar-refractivity contribution in [1.29, 1.82) is 0 Å². The molecule has 1 aromatic carbocycles. The average molecular weight is 262 g/mol. The second-order valence-corrected chi connectivity index (χ2v) is 4.33. The molecule has 0 radical (unpaired) electrons. The maximum Gasteiger partial charge on any atom is 0.163 e. The van der Waals surface area contributed by atoms with Gasteiger partial charge in [0.1, 0.15) is 5.82 Å². The van der Waals surface area contributed by atoms with E-state index >= 15 is 0 Å². The van der Waals surface area contributed by atoms with Crippen molar-refractivity contribution in [2.24, 2.45) is 11.7 Å². The van der Waals surface area contributed by atoms with Crippen LogP contribution in [0.25, 0.3) is 0 Å². The molecule has 0 aromatic heterocycles. The van der Waals surface area contributed by atoms with Gasteiger partial charge in [-0.25, -0.2) is 4.39 Å². The van der Waals surface area contributed by atoms with Crippen LogP contribution < -0.4 is 10.5 Å². The second kappa shape index (κ2) is 5.56. The van der Waals surface area contributed by atoms with Gasteiger partial charge < -0.3 is 15.6 Å². The van der Waals surface area contributed by atoms with E-state index in [1.54, 1.807) is 0 Å². The van der Waals surface area contributed by atoms with Crippen LogP contribution in [0, 0.1) is 11.7 Å². The van der Waals surface area contributed by atoms with Crippen LogP contribution in [-0.2, 0) is 0 Å². The summed E-state index contributed by atoms with van der Waals surface area (Å²) in [6, 6.07) is 2.12. The Hall–Kier alpha value is -1.00. The second-order valence-electron chi connectivity index (χ2n) is 4.33. The van der Waals surface area contributed by atoms with Gasteiger partial charge in [-0.15, -0.1) is 12.4 Å². The number of ether oxygens (including phenoxy) is 1. The number of benzene rings is 1. The SMILES string of the molecule is COc1cc(F)cc([C@@H](N)CC2CC2)c1O.Cl. The highest BCUT2D eigenvalue weighted by molar-refractivity contribution is 5.85. The largest absolute Gasteiger partial charge is 0.504 e. The molecule has 0 saturated heterocycles. The van der Waals surface area contributed by atoms with E-state index in [1.165, 1.54) is 26.0 Å². The molecule has 17 heavy (non-hydrogen) atoms. The molecule has 1 fully saturated rings. The summed E-state index contributed by atoms with van der Waals surface area (Å²) < 4.78 is 18.2. The fourth-order valence-electron chi connectivity index (χ4n) is 1.87. The highest BCUT2D eigenvalue weighted by Crippen LogP contribution is 2.41. The van der Waals surface area contributed by atoms with Crippen LogP contribution in [0.1, 0.15) is 30.9 Å². The van der Waals surface area contributed by atoms with E-state index in [4.69, 9.17) is 10.5 Å². The lowest BCUT2D eigenvalue weighted by Gasteiger charge is -2.15. The topological polar surface area (TPSA) is 55.5 Å². The Kier molecular flexibility index (Phi) is 4.60. The molecule has 1 aromatic rings. The minimum absolute atomic E-state index is 0. The van der Waals surface area contributed by atoms with Crippen molar-refractivity contribution in [3.8, 4) is 11.5 Å². The molecule has 1 aliphatic carbocycles. The van der Waals surface area contributed by atoms with Crippen molar-refractivity contribution in [3.05, 3.63) is 23.5 Å². The normalized spacial score (nSPS) is 16.2. The van der Waals surface area contributed by atoms with E-state index in [0.29, 0.717) is 11.5 Å². The zero-order valence-corrected chi connectivity index (χ0v) is 10.5. The molecule has 1 aliphatic rings. The van der Waals surface area contributed by atoms with Crippen molar-refractivity contribution < 1.29 is 14.2 Å². The first-order valence-corrected chi connectivity index (χ1v) is 5.43. The Labute approximate surface area is 106 Å². The van der Waals surface area contributed by atoms with E-state index < -0.39 is 5.82 Å². The molecule has 0 unspecified atom stereocenters. The summed E-state index contributed by atoms with van der Waals surface area (Å²) in [4.78, 5) is 0. The third-order valence-corrected chi connectivity index (χ3v) is 2.97. The summed E-state index contributed by atoms with van der Waals surface area (Å²) in [7, 11) is 1.39. The molecule has 96 valence electrons. The zero-order chi connectivity index (χ0) is 11.7. The Morgan fingerprint density at radius 2 is 2.18 bits per heavy atom. The summed E-state index contributed by atoms with van der Waals surface area (Å²) in [5.41, 5.74) is 6.38. The standard InChI is InChI=1S/C12H16FNO2.ClH/c1-16-11-6-8(13)5-9(12(11)15)10(14)4-7-2-3-7;/h5-7,10,15H,2-4,14H2,1H3;1H/t10-;/m0./s1. The molecule has 0 heterocycles. The van der Waals surface area contributed by atoms with Gasteiger partial charge in [-0.2, -0.15) is 0 Å². The van der Waals surface area contributed by atoms with Crippen LogP contribution in [-0.4, -0.2) is 12.2 Å². The predicted octanol–water partition coefficient (Wildman–Crippen LogP) is 2.76. The number of hydrogen-bond donors (Lipinski definition) is 2. The molecule has 0 bridgehead atoms. The first kappa shape index (κ1) is 14.1. The lowest BCUT2D eigenvalue weighted by Crippen LogP contribution is -2.12. The number of rotatable bonds is 4. The lowest BCUT2D eigenvalue weighted by molar-refractivity contribution is 0.363. The highest BCUT2D eigenvalue weighted by atomic mass is 35.5. The smallest absolute Gasteiger partial charge is 0.163 e. The summed E-state index contributed by atoms with van der Waals surface area (Å²) in [6.07, 6.45) is 3.15. The summed E-state index contributed by atoms with van der Waals surface area (Å²) in [6.45, 7) is 0. The Balaban J connectivity index is 0.00000144. The van der Waals surface area contributed by atoms with Gasteiger partial charge in [-0.3, -0.25) is 0 Å². The highest BCUT2D eigenvalue weighted by Gasteiger charge is 2.26. The Bertz CT molecular complexity index is 396. The van der Waals surface area contributed by atoms with Crippen molar-refractivity contribution in [1.82, 2.24) is 0 Å². The van der Waals surface area contributed by atoms with Gasteiger partial charge in [-0.1, -0.05) is 12.8 Å². The van der Waals surface area contributed by atoms with E-state index in [1.807, 2.05) is 0 Å². The molecule has 1 saturated carbocycles. The Morgan fingerprint density at radius 3 is 2.71 bits per heavy atom. The molecule has 3 N–H and O–H groups in total. The monoisotopic (exact) mass is 261 g/mol. The van der Waals surface area contributed by atoms with Crippen LogP contribution in [0.2, 0.25) is 0 Å². The van der Waals surface area contributed by atoms with Gasteiger partial charge >= 0.3 is 0 Å². The lowest BCUT2D eigenvalue weighted by atomic mass is 10.0. The molecule has 1 atom stereocenters. The summed E-state index contributed by atoms with van der Waals surface area (Å²) in [5, 5.41) is 9.85. The zero-order valence-electron chi connectivity index (χ0n) is 9.65. The molecular formula is C12H17ClFNO2. The number of hydrogen-bond acceptors (Lipinski definition) is 3. The van der Waals surface area contributed by atoms with Crippen LogP contribution in [0.5, 0.6) is 11.5 Å². The fourth-order valence-corrected chi connectivity index (χ4v) is 1.87. The molecule has 5 heteroatoms. The van der Waals surface area contributed by atoms with E-state index in [9.17, 15) is 9.50 Å². The van der Waals surface area contributed by atoms with Crippen molar-refractivity contribution in [2.45, 2.75) is 25.3 Å². The maximum absolute atomic E-state index is 13.3. The van der Waals surface area contributed by atoms with Gasteiger partial charge in [0.2, 0.25) is 0 Å². The van der Waals surface area contributed by atoms with Crippen molar-refractivity contribution >= 4 is 12.4 Å². The minimum Gasteiger partial charge on any atom is -0.504 e. The van der Waals surface area contributed by atoms with E-state index in [-0.39, 0.29) is 29.9 Å². The molecular weight excluding hydrogens is 245 g/mol. The fraction of sp³-hybridized carbons (Fsp3) is 0.500. The van der Waals surface area contributed by atoms with Gasteiger partial charge in [0.15, 0.2) is 11.5 Å². The maximum atomic E-state index is 13.3. The molecule has 0 aliphatic heterocycles.